The summed E-state index contributed by atoms with van der Waals surface area (Å²) in [4.78, 5) is 4.21. The summed E-state index contributed by atoms with van der Waals surface area (Å²) >= 11 is 0. The number of benzene rings is 2. The number of halogens is 2. The largest absolute Gasteiger partial charge is 0.398 e. The molecule has 0 aliphatic carbocycles. The molecular formula is C15H11F2N3. The zero-order valence-electron chi connectivity index (χ0n) is 10.4. The van der Waals surface area contributed by atoms with Crippen molar-refractivity contribution in [1.29, 1.82) is 0 Å². The Kier molecular flexibility index (Phi) is 2.95. The van der Waals surface area contributed by atoms with E-state index >= 15 is 0 Å². The van der Waals surface area contributed by atoms with Crippen molar-refractivity contribution >= 4 is 28.0 Å². The van der Waals surface area contributed by atoms with E-state index in [0.29, 0.717) is 16.9 Å². The number of rotatable bonds is 2. The summed E-state index contributed by atoms with van der Waals surface area (Å²) in [7, 11) is 0. The van der Waals surface area contributed by atoms with E-state index < -0.39 is 11.6 Å². The molecule has 1 heterocycles. The summed E-state index contributed by atoms with van der Waals surface area (Å²) in [6, 6.07) is 10.6. The quantitative estimate of drug-likeness (QED) is 0.696. The van der Waals surface area contributed by atoms with Crippen LogP contribution in [0.2, 0.25) is 0 Å². The summed E-state index contributed by atoms with van der Waals surface area (Å²) in [5.41, 5.74) is 7.28. The lowest BCUT2D eigenvalue weighted by molar-refractivity contribution is 0.591. The van der Waals surface area contributed by atoms with E-state index in [1.54, 1.807) is 30.5 Å². The van der Waals surface area contributed by atoms with Gasteiger partial charge in [-0.1, -0.05) is 6.07 Å². The molecule has 20 heavy (non-hydrogen) atoms. The maximum absolute atomic E-state index is 13.7. The van der Waals surface area contributed by atoms with Crippen LogP contribution in [0.3, 0.4) is 0 Å². The molecule has 0 amide bonds. The number of pyridine rings is 1. The van der Waals surface area contributed by atoms with E-state index in [1.807, 2.05) is 0 Å². The molecule has 3 aromatic rings. The molecule has 100 valence electrons. The molecular weight excluding hydrogens is 260 g/mol. The van der Waals surface area contributed by atoms with Gasteiger partial charge in [0.05, 0.1) is 11.2 Å². The topological polar surface area (TPSA) is 50.9 Å². The van der Waals surface area contributed by atoms with Gasteiger partial charge in [0.1, 0.15) is 17.3 Å². The molecule has 0 spiro atoms. The molecule has 3 N–H and O–H groups in total. The van der Waals surface area contributed by atoms with Crippen molar-refractivity contribution in [3.8, 4) is 0 Å². The van der Waals surface area contributed by atoms with Crippen LogP contribution in [0.25, 0.3) is 10.9 Å². The normalized spacial score (nSPS) is 10.7. The van der Waals surface area contributed by atoms with Gasteiger partial charge in [0.15, 0.2) is 0 Å². The molecule has 0 saturated heterocycles. The molecule has 0 unspecified atom stereocenters. The summed E-state index contributed by atoms with van der Waals surface area (Å²) in [6.45, 7) is 0. The maximum Gasteiger partial charge on any atom is 0.149 e. The van der Waals surface area contributed by atoms with Crippen molar-refractivity contribution in [2.75, 3.05) is 11.1 Å². The highest BCUT2D eigenvalue weighted by atomic mass is 19.1. The van der Waals surface area contributed by atoms with Gasteiger partial charge in [-0.3, -0.25) is 4.98 Å². The Hall–Kier alpha value is -2.69. The maximum atomic E-state index is 13.7. The first-order valence-electron chi connectivity index (χ1n) is 6.01. The molecule has 3 rings (SSSR count). The van der Waals surface area contributed by atoms with E-state index in [-0.39, 0.29) is 5.69 Å². The second kappa shape index (κ2) is 4.77. The van der Waals surface area contributed by atoms with Gasteiger partial charge >= 0.3 is 0 Å². The number of nitrogens with zero attached hydrogens (tertiary/aromatic N) is 1. The van der Waals surface area contributed by atoms with E-state index in [2.05, 4.69) is 10.3 Å². The summed E-state index contributed by atoms with van der Waals surface area (Å²) in [6.07, 6.45) is 1.60. The Balaban J connectivity index is 2.14. The monoisotopic (exact) mass is 271 g/mol. The van der Waals surface area contributed by atoms with Gasteiger partial charge in [-0.05, 0) is 36.4 Å². The van der Waals surface area contributed by atoms with Crippen LogP contribution in [-0.4, -0.2) is 4.98 Å². The van der Waals surface area contributed by atoms with Crippen molar-refractivity contribution in [3.05, 3.63) is 60.3 Å². The average molecular weight is 271 g/mol. The Morgan fingerprint density at radius 1 is 0.950 bits per heavy atom. The minimum Gasteiger partial charge on any atom is -0.398 e. The van der Waals surface area contributed by atoms with Gasteiger partial charge in [0, 0.05) is 17.3 Å². The molecule has 0 atom stereocenters. The van der Waals surface area contributed by atoms with Crippen LogP contribution in [0.1, 0.15) is 0 Å². The Labute approximate surface area is 114 Å². The van der Waals surface area contributed by atoms with Crippen LogP contribution in [-0.2, 0) is 0 Å². The third-order valence-corrected chi connectivity index (χ3v) is 3.03. The number of aromatic nitrogens is 1. The lowest BCUT2D eigenvalue weighted by atomic mass is 10.1. The predicted octanol–water partition coefficient (Wildman–Crippen LogP) is 3.84. The van der Waals surface area contributed by atoms with Gasteiger partial charge in [0.25, 0.3) is 0 Å². The Morgan fingerprint density at radius 2 is 1.70 bits per heavy atom. The third kappa shape index (κ3) is 2.03. The van der Waals surface area contributed by atoms with E-state index in [9.17, 15) is 8.78 Å². The highest BCUT2D eigenvalue weighted by molar-refractivity contribution is 5.99. The molecule has 0 saturated carbocycles. The molecule has 3 nitrogen and oxygen atoms in total. The average Bonchev–Trinajstić information content (AvgIpc) is 2.46. The minimum atomic E-state index is -0.661. The fraction of sp³-hybridized carbons (Fsp3) is 0. The smallest absolute Gasteiger partial charge is 0.149 e. The van der Waals surface area contributed by atoms with Gasteiger partial charge in [0.2, 0.25) is 0 Å². The van der Waals surface area contributed by atoms with E-state index in [0.717, 1.165) is 5.39 Å². The standard InChI is InChI=1S/C15H11F2N3/c16-10-4-1-5-11(17)15(10)20-13-7-6-12(18)9-3-2-8-19-14(9)13/h1-8,20H,18H2. The molecule has 0 bridgehead atoms. The fourth-order valence-electron chi connectivity index (χ4n) is 2.05. The van der Waals surface area contributed by atoms with Crippen LogP contribution in [0.15, 0.2) is 48.7 Å². The SMILES string of the molecule is Nc1ccc(Nc2c(F)cccc2F)c2ncccc12. The van der Waals surface area contributed by atoms with Crippen molar-refractivity contribution in [1.82, 2.24) is 4.98 Å². The van der Waals surface area contributed by atoms with Crippen LogP contribution in [0, 0.1) is 11.6 Å². The zero-order valence-corrected chi connectivity index (χ0v) is 10.4. The van der Waals surface area contributed by atoms with E-state index in [4.69, 9.17) is 5.73 Å². The minimum absolute atomic E-state index is 0.204. The summed E-state index contributed by atoms with van der Waals surface area (Å²) < 4.78 is 27.3. The molecule has 0 radical (unpaired) electrons. The van der Waals surface area contributed by atoms with E-state index in [1.165, 1.54) is 18.2 Å². The number of nitrogen functional groups attached to an aromatic ring is 1. The second-order valence-electron chi connectivity index (χ2n) is 4.32. The highest BCUT2D eigenvalue weighted by Crippen LogP contribution is 2.30. The molecule has 0 fully saturated rings. The van der Waals surface area contributed by atoms with Crippen LogP contribution in [0.4, 0.5) is 25.8 Å². The fourth-order valence-corrected chi connectivity index (χ4v) is 2.05. The predicted molar refractivity (Wildman–Crippen MR) is 75.8 cm³/mol. The van der Waals surface area contributed by atoms with Crippen molar-refractivity contribution in [3.63, 3.8) is 0 Å². The third-order valence-electron chi connectivity index (χ3n) is 3.03. The highest BCUT2D eigenvalue weighted by Gasteiger charge is 2.11. The van der Waals surface area contributed by atoms with Gasteiger partial charge in [-0.2, -0.15) is 0 Å². The number of anilines is 3. The lowest BCUT2D eigenvalue weighted by Gasteiger charge is -2.11. The summed E-state index contributed by atoms with van der Waals surface area (Å²) in [5.74, 6) is -1.32. The number of fused-ring (bicyclic) bond motifs is 1. The van der Waals surface area contributed by atoms with Crippen molar-refractivity contribution in [2.45, 2.75) is 0 Å². The zero-order chi connectivity index (χ0) is 14.1. The van der Waals surface area contributed by atoms with Crippen molar-refractivity contribution < 1.29 is 8.78 Å². The number of nitrogens with one attached hydrogen (secondary N) is 1. The van der Waals surface area contributed by atoms with Gasteiger partial charge < -0.3 is 11.1 Å². The molecule has 2 aromatic carbocycles. The van der Waals surface area contributed by atoms with Crippen LogP contribution < -0.4 is 11.1 Å². The molecule has 0 aliphatic rings. The summed E-state index contributed by atoms with van der Waals surface area (Å²) in [5, 5.41) is 3.47. The lowest BCUT2D eigenvalue weighted by Crippen LogP contribution is -1.99. The molecule has 5 heteroatoms. The van der Waals surface area contributed by atoms with Gasteiger partial charge in [-0.15, -0.1) is 0 Å². The number of para-hydroxylation sites is 1. The number of nitrogens with two attached hydrogens (primary N) is 1. The number of hydrogen-bond donors (Lipinski definition) is 2. The first-order valence-corrected chi connectivity index (χ1v) is 6.01. The van der Waals surface area contributed by atoms with Crippen LogP contribution >= 0.6 is 0 Å². The first kappa shape index (κ1) is 12.3. The first-order chi connectivity index (χ1) is 9.66. The van der Waals surface area contributed by atoms with Crippen molar-refractivity contribution in [2.24, 2.45) is 0 Å². The molecule has 1 aromatic heterocycles. The van der Waals surface area contributed by atoms with Crippen LogP contribution in [0.5, 0.6) is 0 Å². The number of hydrogen-bond acceptors (Lipinski definition) is 3. The Morgan fingerprint density at radius 3 is 2.45 bits per heavy atom. The second-order valence-corrected chi connectivity index (χ2v) is 4.32. The Bertz CT molecular complexity index is 767. The van der Waals surface area contributed by atoms with Gasteiger partial charge in [-0.25, -0.2) is 8.78 Å². The molecule has 0 aliphatic heterocycles.